The second-order valence-corrected chi connectivity index (χ2v) is 11.9. The third-order valence-electron chi connectivity index (χ3n) is 6.80. The lowest BCUT2D eigenvalue weighted by atomic mass is 10.0. The molecule has 0 fully saturated rings. The molecule has 0 bridgehead atoms. The van der Waals surface area contributed by atoms with Crippen LogP contribution in [0, 0.1) is 6.92 Å². The topological polar surface area (TPSA) is 40.5 Å². The van der Waals surface area contributed by atoms with Crippen molar-refractivity contribution in [1.82, 2.24) is 0 Å². The van der Waals surface area contributed by atoms with Gasteiger partial charge >= 0.3 is 5.97 Å². The summed E-state index contributed by atoms with van der Waals surface area (Å²) >= 11 is 3.37. The Morgan fingerprint density at radius 1 is 0.725 bits per heavy atom. The number of benzene rings is 4. The number of anilines is 3. The molecule has 2 aromatic heterocycles. The van der Waals surface area contributed by atoms with Crippen LogP contribution >= 0.6 is 22.7 Å². The fourth-order valence-electron chi connectivity index (χ4n) is 4.91. The van der Waals surface area contributed by atoms with Gasteiger partial charge in [-0.3, -0.25) is 0 Å². The molecule has 0 saturated carbocycles. The van der Waals surface area contributed by atoms with Crippen LogP contribution in [-0.4, -0.2) is 11.1 Å². The van der Waals surface area contributed by atoms with Gasteiger partial charge in [0.05, 0.1) is 5.69 Å². The van der Waals surface area contributed by atoms with Crippen LogP contribution in [0.4, 0.5) is 17.1 Å². The van der Waals surface area contributed by atoms with E-state index in [9.17, 15) is 9.90 Å². The summed E-state index contributed by atoms with van der Waals surface area (Å²) < 4.78 is 0. The Kier molecular flexibility index (Phi) is 7.08. The molecule has 0 aliphatic rings. The van der Waals surface area contributed by atoms with Gasteiger partial charge in [0.15, 0.2) is 0 Å². The Morgan fingerprint density at radius 2 is 1.43 bits per heavy atom. The average molecular weight is 558 g/mol. The summed E-state index contributed by atoms with van der Waals surface area (Å²) in [6.45, 7) is 3.77. The number of carboxylic acids is 1. The van der Waals surface area contributed by atoms with Gasteiger partial charge in [0.2, 0.25) is 0 Å². The largest absolute Gasteiger partial charge is 0.478 e. The third kappa shape index (κ3) is 5.22. The molecule has 0 unspecified atom stereocenters. The molecule has 0 aliphatic carbocycles. The smallest absolute Gasteiger partial charge is 0.331 e. The second kappa shape index (κ2) is 11.0. The first-order chi connectivity index (χ1) is 19.5. The number of aryl methyl sites for hydroxylation is 1. The van der Waals surface area contributed by atoms with Crippen LogP contribution in [0.15, 0.2) is 121 Å². The van der Waals surface area contributed by atoms with Crippen molar-refractivity contribution in [2.24, 2.45) is 0 Å². The number of carboxylic acid groups (broad SMARTS) is 1. The first-order valence-electron chi connectivity index (χ1n) is 13.0. The normalized spacial score (nSPS) is 11.6. The van der Waals surface area contributed by atoms with Gasteiger partial charge in [-0.2, -0.15) is 0 Å². The van der Waals surface area contributed by atoms with Crippen molar-refractivity contribution in [3.63, 3.8) is 0 Å². The van der Waals surface area contributed by atoms with Gasteiger partial charge in [-0.25, -0.2) is 4.79 Å². The minimum atomic E-state index is -0.892. The molecule has 0 saturated heterocycles. The summed E-state index contributed by atoms with van der Waals surface area (Å²) in [5, 5.41) is 11.6. The van der Waals surface area contributed by atoms with Crippen LogP contribution < -0.4 is 4.90 Å². The maximum atomic E-state index is 11.2. The first kappa shape index (κ1) is 25.8. The molecular formula is C35H27NO2S2. The molecule has 40 heavy (non-hydrogen) atoms. The number of hydrogen-bond acceptors (Lipinski definition) is 4. The average Bonchev–Trinajstić information content (AvgIpc) is 3.64. The van der Waals surface area contributed by atoms with Crippen LogP contribution in [0.2, 0.25) is 0 Å². The number of para-hydroxylation sites is 1. The zero-order valence-electron chi connectivity index (χ0n) is 22.2. The van der Waals surface area contributed by atoms with Crippen molar-refractivity contribution < 1.29 is 9.90 Å². The van der Waals surface area contributed by atoms with Crippen molar-refractivity contribution in [1.29, 1.82) is 0 Å². The first-order valence-corrected chi connectivity index (χ1v) is 14.7. The van der Waals surface area contributed by atoms with E-state index in [2.05, 4.69) is 115 Å². The third-order valence-corrected chi connectivity index (χ3v) is 9.16. The van der Waals surface area contributed by atoms with Crippen molar-refractivity contribution in [2.45, 2.75) is 13.8 Å². The summed E-state index contributed by atoms with van der Waals surface area (Å²) in [6.07, 6.45) is 1.73. The number of thiophene rings is 2. The van der Waals surface area contributed by atoms with Gasteiger partial charge in [0.25, 0.3) is 0 Å². The zero-order valence-corrected chi connectivity index (χ0v) is 23.8. The van der Waals surface area contributed by atoms with Crippen LogP contribution in [0.5, 0.6) is 0 Å². The molecular weight excluding hydrogens is 531 g/mol. The lowest BCUT2D eigenvalue weighted by molar-refractivity contribution is -0.132. The highest BCUT2D eigenvalue weighted by molar-refractivity contribution is 7.24. The van der Waals surface area contributed by atoms with E-state index >= 15 is 0 Å². The fourth-order valence-corrected chi connectivity index (χ4v) is 7.00. The molecule has 0 radical (unpaired) electrons. The van der Waals surface area contributed by atoms with E-state index in [0.717, 1.165) is 26.8 Å². The van der Waals surface area contributed by atoms with E-state index in [1.807, 2.05) is 12.1 Å². The predicted octanol–water partition coefficient (Wildman–Crippen LogP) is 10.6. The molecule has 1 N–H and O–H groups in total. The van der Waals surface area contributed by atoms with E-state index in [1.54, 1.807) is 35.7 Å². The van der Waals surface area contributed by atoms with Gasteiger partial charge in [-0.1, -0.05) is 60.7 Å². The fraction of sp³-hybridized carbons (Fsp3) is 0.0571. The van der Waals surface area contributed by atoms with Gasteiger partial charge in [-0.05, 0) is 91.0 Å². The van der Waals surface area contributed by atoms with Crippen LogP contribution in [0.1, 0.15) is 17.4 Å². The zero-order chi connectivity index (χ0) is 27.6. The lowest BCUT2D eigenvalue weighted by Gasteiger charge is -2.27. The second-order valence-electron chi connectivity index (χ2n) is 9.72. The minimum Gasteiger partial charge on any atom is -0.478 e. The Hall–Kier alpha value is -4.45. The molecule has 0 amide bonds. The lowest BCUT2D eigenvalue weighted by Crippen LogP contribution is -2.10. The molecule has 2 heterocycles. The summed E-state index contributed by atoms with van der Waals surface area (Å²) in [4.78, 5) is 18.0. The van der Waals surface area contributed by atoms with E-state index in [0.29, 0.717) is 5.57 Å². The molecule has 5 heteroatoms. The molecule has 0 spiro atoms. The minimum absolute atomic E-state index is 0.335. The predicted molar refractivity (Wildman–Crippen MR) is 171 cm³/mol. The van der Waals surface area contributed by atoms with Crippen LogP contribution in [0.3, 0.4) is 0 Å². The van der Waals surface area contributed by atoms with Crippen LogP contribution in [0.25, 0.3) is 37.0 Å². The number of aliphatic carboxylic acids is 1. The number of rotatable bonds is 7. The summed E-state index contributed by atoms with van der Waals surface area (Å²) in [6, 6.07) is 40.7. The maximum absolute atomic E-state index is 11.2. The summed E-state index contributed by atoms with van der Waals surface area (Å²) in [7, 11) is 0. The van der Waals surface area contributed by atoms with Gasteiger partial charge in [-0.15, -0.1) is 22.7 Å². The number of hydrogen-bond donors (Lipinski definition) is 1. The van der Waals surface area contributed by atoms with Gasteiger partial charge in [0, 0.05) is 41.8 Å². The molecule has 196 valence electrons. The summed E-state index contributed by atoms with van der Waals surface area (Å²) in [5.41, 5.74) is 6.06. The van der Waals surface area contributed by atoms with E-state index in [4.69, 9.17) is 0 Å². The monoisotopic (exact) mass is 557 g/mol. The van der Waals surface area contributed by atoms with Gasteiger partial charge in [0.1, 0.15) is 0 Å². The van der Waals surface area contributed by atoms with Crippen LogP contribution in [-0.2, 0) is 4.79 Å². The summed E-state index contributed by atoms with van der Waals surface area (Å²) in [5.74, 6) is -0.892. The Labute approximate surface area is 241 Å². The highest BCUT2D eigenvalue weighted by atomic mass is 32.1. The molecule has 0 atom stereocenters. The van der Waals surface area contributed by atoms with Crippen molar-refractivity contribution >= 4 is 62.6 Å². The molecule has 6 aromatic rings. The standard InChI is InChI=1S/C35H27NO2S2/c1-23-19-26(32-17-18-34(40-32)33-16-15-29(39-33)21-24(2)35(37)38)22-28(20-23)36(27-11-4-3-5-12-27)31-14-8-10-25-9-6-7-13-30(25)31/h3-22H,1-2H3,(H,37,38)/b24-21-. The Balaban J connectivity index is 1.42. The Bertz CT molecular complexity index is 1860. The maximum Gasteiger partial charge on any atom is 0.331 e. The highest BCUT2D eigenvalue weighted by Gasteiger charge is 2.17. The van der Waals surface area contributed by atoms with Crippen molar-refractivity contribution in [2.75, 3.05) is 4.90 Å². The number of carbonyl (C=O) groups is 1. The highest BCUT2D eigenvalue weighted by Crippen LogP contribution is 2.43. The van der Waals surface area contributed by atoms with E-state index in [-0.39, 0.29) is 0 Å². The van der Waals surface area contributed by atoms with Crippen molar-refractivity contribution in [3.8, 4) is 20.2 Å². The Morgan fingerprint density at radius 3 is 2.25 bits per heavy atom. The number of nitrogens with zero attached hydrogens (tertiary/aromatic N) is 1. The molecule has 4 aromatic carbocycles. The van der Waals surface area contributed by atoms with Crippen molar-refractivity contribution in [3.05, 3.63) is 131 Å². The molecule has 0 aliphatic heterocycles. The number of fused-ring (bicyclic) bond motifs is 1. The van der Waals surface area contributed by atoms with Gasteiger partial charge < -0.3 is 10.0 Å². The van der Waals surface area contributed by atoms with E-state index in [1.165, 1.54) is 31.7 Å². The molecule has 3 nitrogen and oxygen atoms in total. The quantitative estimate of drug-likeness (QED) is 0.199. The van der Waals surface area contributed by atoms with E-state index < -0.39 is 5.97 Å². The SMILES string of the molecule is C/C(=C/c1ccc(-c2ccc(-c3cc(C)cc(N(c4ccccc4)c4cccc5ccccc45)c3)s2)s1)C(=O)O. The molecule has 6 rings (SSSR count).